The van der Waals surface area contributed by atoms with Crippen molar-refractivity contribution < 1.29 is 14.4 Å². The lowest BCUT2D eigenvalue weighted by atomic mass is 9.81. The van der Waals surface area contributed by atoms with Gasteiger partial charge in [0.25, 0.3) is 5.91 Å². The van der Waals surface area contributed by atoms with Crippen molar-refractivity contribution in [3.63, 3.8) is 0 Å². The minimum absolute atomic E-state index is 0.0722. The molecule has 1 atom stereocenters. The molecule has 4 amide bonds. The molecule has 0 aromatic heterocycles. The molecule has 0 aromatic rings. The van der Waals surface area contributed by atoms with Crippen molar-refractivity contribution in [3.05, 3.63) is 0 Å². The Hall–Kier alpha value is -1.63. The summed E-state index contributed by atoms with van der Waals surface area (Å²) in [7, 11) is 1.69. The van der Waals surface area contributed by atoms with E-state index in [9.17, 15) is 14.4 Å². The summed E-state index contributed by atoms with van der Waals surface area (Å²) < 4.78 is 0. The summed E-state index contributed by atoms with van der Waals surface area (Å²) in [5, 5.41) is 2.98. The van der Waals surface area contributed by atoms with Crippen molar-refractivity contribution >= 4 is 17.8 Å². The number of rotatable bonds is 5. The summed E-state index contributed by atoms with van der Waals surface area (Å²) in [6, 6.07) is -0.425. The predicted molar refractivity (Wildman–Crippen MR) is 98.2 cm³/mol. The number of carbonyl (C=O) groups is 3. The van der Waals surface area contributed by atoms with Crippen molar-refractivity contribution in [3.8, 4) is 0 Å². The fraction of sp³-hybridized carbons (Fsp3) is 0.842. The first-order chi connectivity index (χ1) is 12.5. The zero-order valence-corrected chi connectivity index (χ0v) is 15.8. The third kappa shape index (κ3) is 3.46. The zero-order valence-electron chi connectivity index (χ0n) is 15.8. The summed E-state index contributed by atoms with van der Waals surface area (Å²) in [6.07, 6.45) is 10.1. The maximum absolute atomic E-state index is 13.0. The van der Waals surface area contributed by atoms with Crippen LogP contribution < -0.4 is 11.1 Å². The van der Waals surface area contributed by atoms with Crippen LogP contribution in [0.3, 0.4) is 0 Å². The predicted octanol–water partition coefficient (Wildman–Crippen LogP) is 1.61. The van der Waals surface area contributed by atoms with Crippen molar-refractivity contribution in [1.82, 2.24) is 15.1 Å². The minimum Gasteiger partial charge on any atom is -0.350 e. The lowest BCUT2D eigenvalue weighted by Gasteiger charge is -2.35. The SMILES string of the molecule is CN1C(=O)N(CC(=O)NC(CN)C2CCCCC2)C(=O)C12CCCCC2. The Morgan fingerprint density at radius 1 is 1.15 bits per heavy atom. The Balaban J connectivity index is 1.63. The maximum atomic E-state index is 13.0. The lowest BCUT2D eigenvalue weighted by Crippen LogP contribution is -2.51. The average Bonchev–Trinajstić information content (AvgIpc) is 2.84. The molecule has 0 bridgehead atoms. The van der Waals surface area contributed by atoms with E-state index in [1.54, 1.807) is 11.9 Å². The number of amides is 4. The van der Waals surface area contributed by atoms with E-state index in [-0.39, 0.29) is 30.4 Å². The van der Waals surface area contributed by atoms with Gasteiger partial charge in [-0.05, 0) is 31.6 Å². The molecule has 1 heterocycles. The summed E-state index contributed by atoms with van der Waals surface area (Å²) in [5.74, 6) is -0.0918. The van der Waals surface area contributed by atoms with Crippen LogP contribution >= 0.6 is 0 Å². The van der Waals surface area contributed by atoms with Gasteiger partial charge in [-0.15, -0.1) is 0 Å². The van der Waals surface area contributed by atoms with Crippen molar-refractivity contribution in [2.24, 2.45) is 11.7 Å². The number of hydrogen-bond donors (Lipinski definition) is 2. The van der Waals surface area contributed by atoms with Crippen molar-refractivity contribution in [2.75, 3.05) is 20.1 Å². The number of imide groups is 1. The molecule has 26 heavy (non-hydrogen) atoms. The van der Waals surface area contributed by atoms with Gasteiger partial charge in [0.1, 0.15) is 12.1 Å². The first kappa shape index (κ1) is 19.1. The van der Waals surface area contributed by atoms with Gasteiger partial charge in [-0.3, -0.25) is 14.5 Å². The molecule has 3 aliphatic rings. The van der Waals surface area contributed by atoms with Crippen LogP contribution in [0.25, 0.3) is 0 Å². The van der Waals surface area contributed by atoms with Crippen LogP contribution in [0.4, 0.5) is 4.79 Å². The second-order valence-corrected chi connectivity index (χ2v) is 8.13. The van der Waals surface area contributed by atoms with Crippen LogP contribution in [0.5, 0.6) is 0 Å². The highest BCUT2D eigenvalue weighted by molar-refractivity contribution is 6.08. The van der Waals surface area contributed by atoms with Gasteiger partial charge in [-0.2, -0.15) is 0 Å². The summed E-state index contributed by atoms with van der Waals surface area (Å²) in [4.78, 5) is 40.8. The highest BCUT2D eigenvalue weighted by Crippen LogP contribution is 2.39. The molecule has 3 fully saturated rings. The molecule has 2 aliphatic carbocycles. The maximum Gasteiger partial charge on any atom is 0.327 e. The molecule has 7 nitrogen and oxygen atoms in total. The number of urea groups is 1. The summed E-state index contributed by atoms with van der Waals surface area (Å²) >= 11 is 0. The van der Waals surface area contributed by atoms with Crippen LogP contribution in [0, 0.1) is 5.92 Å². The Kier molecular flexibility index (Phi) is 5.85. The number of carbonyl (C=O) groups excluding carboxylic acids is 3. The fourth-order valence-electron chi connectivity index (χ4n) is 4.97. The van der Waals surface area contributed by atoms with E-state index in [0.29, 0.717) is 25.3 Å². The van der Waals surface area contributed by atoms with Gasteiger partial charge >= 0.3 is 6.03 Å². The van der Waals surface area contributed by atoms with E-state index in [0.717, 1.165) is 37.0 Å². The van der Waals surface area contributed by atoms with E-state index in [1.165, 1.54) is 19.3 Å². The summed E-state index contributed by atoms with van der Waals surface area (Å²) in [5.41, 5.74) is 5.15. The topological polar surface area (TPSA) is 95.7 Å². The lowest BCUT2D eigenvalue weighted by molar-refractivity contribution is -0.137. The van der Waals surface area contributed by atoms with Gasteiger partial charge < -0.3 is 16.0 Å². The third-order valence-corrected chi connectivity index (χ3v) is 6.60. The summed E-state index contributed by atoms with van der Waals surface area (Å²) in [6.45, 7) is 0.190. The first-order valence-corrected chi connectivity index (χ1v) is 10.1. The van der Waals surface area contributed by atoms with Gasteiger partial charge in [0.2, 0.25) is 5.91 Å². The quantitative estimate of drug-likeness (QED) is 0.725. The Labute approximate surface area is 155 Å². The highest BCUT2D eigenvalue weighted by atomic mass is 16.2. The number of nitrogens with one attached hydrogen (secondary N) is 1. The van der Waals surface area contributed by atoms with Crippen LogP contribution in [0.1, 0.15) is 64.2 Å². The van der Waals surface area contributed by atoms with E-state index in [4.69, 9.17) is 5.73 Å². The Morgan fingerprint density at radius 3 is 2.38 bits per heavy atom. The molecule has 1 spiro atoms. The second kappa shape index (κ2) is 7.94. The fourth-order valence-corrected chi connectivity index (χ4v) is 4.97. The molecule has 2 saturated carbocycles. The molecule has 3 rings (SSSR count). The van der Waals surface area contributed by atoms with Crippen molar-refractivity contribution in [1.29, 1.82) is 0 Å². The molecule has 3 N–H and O–H groups in total. The molecular weight excluding hydrogens is 332 g/mol. The first-order valence-electron chi connectivity index (χ1n) is 10.1. The molecular formula is C19H32N4O3. The zero-order chi connectivity index (χ0) is 18.7. The Morgan fingerprint density at radius 2 is 1.77 bits per heavy atom. The highest BCUT2D eigenvalue weighted by Gasteiger charge is 2.55. The van der Waals surface area contributed by atoms with Crippen LogP contribution in [-0.4, -0.2) is 59.4 Å². The standard InChI is InChI=1S/C19H32N4O3/c1-22-18(26)23(17(25)19(22)10-6-3-7-11-19)13-16(24)21-15(12-20)14-8-4-2-5-9-14/h14-15H,2-13,20H2,1H3,(H,21,24). The molecule has 0 aromatic carbocycles. The van der Waals surface area contributed by atoms with Crippen LogP contribution in [-0.2, 0) is 9.59 Å². The monoisotopic (exact) mass is 364 g/mol. The van der Waals surface area contributed by atoms with Crippen molar-refractivity contribution in [2.45, 2.75) is 75.8 Å². The molecule has 1 unspecified atom stereocenters. The van der Waals surface area contributed by atoms with E-state index in [2.05, 4.69) is 5.32 Å². The van der Waals surface area contributed by atoms with Crippen LogP contribution in [0.15, 0.2) is 0 Å². The van der Waals surface area contributed by atoms with Gasteiger partial charge in [0, 0.05) is 19.6 Å². The number of likely N-dealkylation sites (N-methyl/N-ethyl adjacent to an activating group) is 1. The van der Waals surface area contributed by atoms with Gasteiger partial charge in [0.15, 0.2) is 0 Å². The molecule has 146 valence electrons. The van der Waals surface area contributed by atoms with Crippen LogP contribution in [0.2, 0.25) is 0 Å². The molecule has 0 radical (unpaired) electrons. The number of nitrogens with two attached hydrogens (primary N) is 1. The van der Waals surface area contributed by atoms with Gasteiger partial charge in [0.05, 0.1) is 0 Å². The molecule has 1 aliphatic heterocycles. The van der Waals surface area contributed by atoms with E-state index < -0.39 is 5.54 Å². The Bertz CT molecular complexity index is 553. The largest absolute Gasteiger partial charge is 0.350 e. The van der Waals surface area contributed by atoms with Gasteiger partial charge in [-0.25, -0.2) is 4.79 Å². The second-order valence-electron chi connectivity index (χ2n) is 8.13. The molecule has 7 heteroatoms. The van der Waals surface area contributed by atoms with E-state index in [1.807, 2.05) is 0 Å². The number of nitrogens with zero attached hydrogens (tertiary/aromatic N) is 2. The van der Waals surface area contributed by atoms with E-state index >= 15 is 0 Å². The van der Waals surface area contributed by atoms with Gasteiger partial charge in [-0.1, -0.05) is 38.5 Å². The third-order valence-electron chi connectivity index (χ3n) is 6.60. The minimum atomic E-state index is -0.730. The molecule has 1 saturated heterocycles. The smallest absolute Gasteiger partial charge is 0.327 e. The normalized spacial score (nSPS) is 25.0. The number of hydrogen-bond acceptors (Lipinski definition) is 4. The average molecular weight is 364 g/mol.